The monoisotopic (exact) mass is 377 g/mol. The van der Waals surface area contributed by atoms with Crippen molar-refractivity contribution in [3.05, 3.63) is 24.3 Å². The molecule has 1 aliphatic heterocycles. The van der Waals surface area contributed by atoms with Crippen LogP contribution in [0.5, 0.6) is 5.75 Å². The predicted octanol–water partition coefficient (Wildman–Crippen LogP) is -0.449. The quantitative estimate of drug-likeness (QED) is 0.692. The second-order valence-electron chi connectivity index (χ2n) is 5.55. The van der Waals surface area contributed by atoms with Crippen LogP contribution < -0.4 is 9.46 Å². The molecule has 1 fully saturated rings. The standard InChI is InChI=1S/C14H23N3O5S2/c1-22-13-5-3-4-6-14(13)24(20,21)15-7-8-16-9-11-17(12-10-16)23(2,18)19/h3-6,15H,7-12H2,1-2H3. The Morgan fingerprint density at radius 2 is 1.71 bits per heavy atom. The second-order valence-corrected chi connectivity index (χ2v) is 9.27. The first-order valence-corrected chi connectivity index (χ1v) is 10.9. The van der Waals surface area contributed by atoms with Crippen molar-refractivity contribution in [1.29, 1.82) is 0 Å². The van der Waals surface area contributed by atoms with Crippen molar-refractivity contribution in [3.8, 4) is 5.75 Å². The van der Waals surface area contributed by atoms with Gasteiger partial charge >= 0.3 is 0 Å². The summed E-state index contributed by atoms with van der Waals surface area (Å²) in [7, 11) is -5.38. The number of para-hydroxylation sites is 1. The van der Waals surface area contributed by atoms with Crippen LogP contribution in [0, 0.1) is 0 Å². The number of methoxy groups -OCH3 is 1. The van der Waals surface area contributed by atoms with Crippen molar-refractivity contribution in [2.45, 2.75) is 4.90 Å². The Morgan fingerprint density at radius 1 is 1.08 bits per heavy atom. The molecule has 0 atom stereocenters. The van der Waals surface area contributed by atoms with Crippen LogP contribution in [-0.4, -0.2) is 78.7 Å². The Balaban J connectivity index is 1.86. The third-order valence-electron chi connectivity index (χ3n) is 3.88. The fourth-order valence-corrected chi connectivity index (χ4v) is 4.56. The maximum Gasteiger partial charge on any atom is 0.244 e. The highest BCUT2D eigenvalue weighted by Gasteiger charge is 2.24. The molecule has 2 rings (SSSR count). The molecule has 136 valence electrons. The van der Waals surface area contributed by atoms with E-state index in [-0.39, 0.29) is 11.4 Å². The lowest BCUT2D eigenvalue weighted by Crippen LogP contribution is -2.49. The number of nitrogens with one attached hydrogen (secondary N) is 1. The molecule has 0 saturated carbocycles. The number of nitrogens with zero attached hydrogens (tertiary/aromatic N) is 2. The minimum Gasteiger partial charge on any atom is -0.495 e. The minimum atomic E-state index is -3.65. The van der Waals surface area contributed by atoms with Gasteiger partial charge in [0.1, 0.15) is 10.6 Å². The van der Waals surface area contributed by atoms with Gasteiger partial charge in [0.2, 0.25) is 20.0 Å². The topological polar surface area (TPSA) is 96.0 Å². The number of hydrogen-bond acceptors (Lipinski definition) is 6. The van der Waals surface area contributed by atoms with Gasteiger partial charge in [0.05, 0.1) is 13.4 Å². The van der Waals surface area contributed by atoms with Gasteiger partial charge in [-0.25, -0.2) is 21.6 Å². The largest absolute Gasteiger partial charge is 0.495 e. The Hall–Kier alpha value is -1.20. The van der Waals surface area contributed by atoms with Crippen molar-refractivity contribution < 1.29 is 21.6 Å². The van der Waals surface area contributed by atoms with Crippen molar-refractivity contribution >= 4 is 20.0 Å². The molecule has 8 nitrogen and oxygen atoms in total. The Labute approximate surface area is 143 Å². The van der Waals surface area contributed by atoms with E-state index < -0.39 is 20.0 Å². The van der Waals surface area contributed by atoms with E-state index in [4.69, 9.17) is 4.74 Å². The average molecular weight is 377 g/mol. The third-order valence-corrected chi connectivity index (χ3v) is 6.68. The molecule has 0 aliphatic carbocycles. The first-order chi connectivity index (χ1) is 11.2. The molecule has 0 radical (unpaired) electrons. The van der Waals surface area contributed by atoms with Gasteiger partial charge in [-0.3, -0.25) is 4.90 Å². The van der Waals surface area contributed by atoms with E-state index in [1.54, 1.807) is 18.2 Å². The van der Waals surface area contributed by atoms with E-state index >= 15 is 0 Å². The molecule has 0 spiro atoms. The van der Waals surface area contributed by atoms with Crippen LogP contribution in [-0.2, 0) is 20.0 Å². The van der Waals surface area contributed by atoms with Gasteiger partial charge in [-0.1, -0.05) is 12.1 Å². The van der Waals surface area contributed by atoms with Gasteiger partial charge in [-0.05, 0) is 12.1 Å². The normalized spacial score (nSPS) is 17.8. The molecule has 1 aliphatic rings. The fourth-order valence-electron chi connectivity index (χ4n) is 2.54. The van der Waals surface area contributed by atoms with E-state index in [1.807, 2.05) is 4.90 Å². The zero-order valence-electron chi connectivity index (χ0n) is 13.8. The van der Waals surface area contributed by atoms with E-state index in [9.17, 15) is 16.8 Å². The van der Waals surface area contributed by atoms with E-state index in [1.165, 1.54) is 23.7 Å². The molecular formula is C14H23N3O5S2. The molecular weight excluding hydrogens is 354 g/mol. The zero-order valence-corrected chi connectivity index (χ0v) is 15.4. The number of benzene rings is 1. The average Bonchev–Trinajstić information content (AvgIpc) is 2.54. The number of piperazine rings is 1. The van der Waals surface area contributed by atoms with Crippen LogP contribution in [0.3, 0.4) is 0 Å². The number of sulfonamides is 2. The first kappa shape index (κ1) is 19.1. The number of rotatable bonds is 7. The van der Waals surface area contributed by atoms with Crippen LogP contribution in [0.25, 0.3) is 0 Å². The molecule has 0 unspecified atom stereocenters. The summed E-state index contributed by atoms with van der Waals surface area (Å²) < 4.78 is 56.7. The van der Waals surface area contributed by atoms with Crippen molar-refractivity contribution in [2.75, 3.05) is 52.6 Å². The molecule has 0 amide bonds. The van der Waals surface area contributed by atoms with E-state index in [0.29, 0.717) is 38.5 Å². The lowest BCUT2D eigenvalue weighted by Gasteiger charge is -2.33. The zero-order chi connectivity index (χ0) is 17.8. The highest BCUT2D eigenvalue weighted by atomic mass is 32.2. The van der Waals surface area contributed by atoms with Crippen LogP contribution in [0.2, 0.25) is 0 Å². The van der Waals surface area contributed by atoms with E-state index in [0.717, 1.165) is 0 Å². The summed E-state index contributed by atoms with van der Waals surface area (Å²) in [5.41, 5.74) is 0. The van der Waals surface area contributed by atoms with Crippen molar-refractivity contribution in [2.24, 2.45) is 0 Å². The van der Waals surface area contributed by atoms with Crippen LogP contribution in [0.1, 0.15) is 0 Å². The third kappa shape index (κ3) is 4.90. The molecule has 1 aromatic carbocycles. The summed E-state index contributed by atoms with van der Waals surface area (Å²) in [5.74, 6) is 0.298. The molecule has 0 bridgehead atoms. The molecule has 10 heteroatoms. The molecule has 1 aromatic rings. The predicted molar refractivity (Wildman–Crippen MR) is 91.0 cm³/mol. The summed E-state index contributed by atoms with van der Waals surface area (Å²) in [6, 6.07) is 6.44. The lowest BCUT2D eigenvalue weighted by molar-refractivity contribution is 0.192. The van der Waals surface area contributed by atoms with Gasteiger partial charge in [0.15, 0.2) is 0 Å². The van der Waals surface area contributed by atoms with Gasteiger partial charge in [-0.15, -0.1) is 0 Å². The summed E-state index contributed by atoms with van der Waals surface area (Å²) in [4.78, 5) is 2.14. The minimum absolute atomic E-state index is 0.106. The smallest absolute Gasteiger partial charge is 0.244 e. The summed E-state index contributed by atoms with van der Waals surface area (Å²) in [6.07, 6.45) is 1.20. The highest BCUT2D eigenvalue weighted by molar-refractivity contribution is 7.89. The van der Waals surface area contributed by atoms with E-state index in [2.05, 4.69) is 4.72 Å². The first-order valence-electron chi connectivity index (χ1n) is 7.54. The Kier molecular flexibility index (Phi) is 6.21. The van der Waals surface area contributed by atoms with Gasteiger partial charge in [0.25, 0.3) is 0 Å². The summed E-state index contributed by atoms with van der Waals surface area (Å²) in [6.45, 7) is 2.80. The lowest BCUT2D eigenvalue weighted by atomic mass is 10.3. The molecule has 24 heavy (non-hydrogen) atoms. The SMILES string of the molecule is COc1ccccc1S(=O)(=O)NCCN1CCN(S(C)(=O)=O)CC1. The maximum atomic E-state index is 12.3. The Morgan fingerprint density at radius 3 is 2.29 bits per heavy atom. The Bertz CT molecular complexity index is 756. The highest BCUT2D eigenvalue weighted by Crippen LogP contribution is 2.22. The van der Waals surface area contributed by atoms with Crippen LogP contribution >= 0.6 is 0 Å². The van der Waals surface area contributed by atoms with Crippen molar-refractivity contribution in [3.63, 3.8) is 0 Å². The number of hydrogen-bond donors (Lipinski definition) is 1. The van der Waals surface area contributed by atoms with Gasteiger partial charge < -0.3 is 4.74 Å². The molecule has 0 aromatic heterocycles. The molecule has 1 N–H and O–H groups in total. The van der Waals surface area contributed by atoms with Gasteiger partial charge in [-0.2, -0.15) is 4.31 Å². The van der Waals surface area contributed by atoms with Crippen LogP contribution in [0.15, 0.2) is 29.2 Å². The fraction of sp³-hybridized carbons (Fsp3) is 0.571. The summed E-state index contributed by atoms with van der Waals surface area (Å²) in [5, 5.41) is 0. The van der Waals surface area contributed by atoms with Gasteiger partial charge in [0, 0.05) is 39.3 Å². The molecule has 1 saturated heterocycles. The molecule has 1 heterocycles. The van der Waals surface area contributed by atoms with Crippen molar-refractivity contribution in [1.82, 2.24) is 13.9 Å². The summed E-state index contributed by atoms with van der Waals surface area (Å²) >= 11 is 0. The second kappa shape index (κ2) is 7.79. The number of ether oxygens (including phenoxy) is 1. The van der Waals surface area contributed by atoms with Crippen LogP contribution in [0.4, 0.5) is 0 Å². The maximum absolute atomic E-state index is 12.3.